The Morgan fingerprint density at radius 1 is 0.957 bits per heavy atom. The molecule has 0 saturated carbocycles. The maximum Gasteiger partial charge on any atom is 0.249 e. The number of anilines is 3. The fraction of sp³-hybridized carbons (Fsp3) is 0.167. The zero-order valence-electron chi connectivity index (χ0n) is 13.2. The normalized spacial score (nSPS) is 11.7. The highest BCUT2D eigenvalue weighted by Crippen LogP contribution is 2.18. The van der Waals surface area contributed by atoms with Crippen LogP contribution in [0.15, 0.2) is 60.8 Å². The zero-order valence-corrected chi connectivity index (χ0v) is 13.2. The summed E-state index contributed by atoms with van der Waals surface area (Å²) in [6.07, 6.45) is 1.62. The molecule has 5 heteroatoms. The molecule has 3 aromatic rings. The van der Waals surface area contributed by atoms with Gasteiger partial charge < -0.3 is 10.6 Å². The van der Waals surface area contributed by atoms with Crippen molar-refractivity contribution in [3.05, 3.63) is 71.9 Å². The van der Waals surface area contributed by atoms with Gasteiger partial charge in [-0.15, -0.1) is 5.10 Å². The highest BCUT2D eigenvalue weighted by Gasteiger charge is 2.07. The van der Waals surface area contributed by atoms with Gasteiger partial charge in [0, 0.05) is 11.7 Å². The number of aryl methyl sites for hydroxylation is 1. The van der Waals surface area contributed by atoms with Crippen molar-refractivity contribution >= 4 is 17.5 Å². The number of aromatic nitrogens is 3. The lowest BCUT2D eigenvalue weighted by Gasteiger charge is -2.15. The second-order valence-electron chi connectivity index (χ2n) is 5.43. The highest BCUT2D eigenvalue weighted by atomic mass is 15.3. The quantitative estimate of drug-likeness (QED) is 0.743. The molecule has 1 heterocycles. The molecule has 23 heavy (non-hydrogen) atoms. The molecule has 1 unspecified atom stereocenters. The van der Waals surface area contributed by atoms with Crippen LogP contribution in [0.3, 0.4) is 0 Å². The summed E-state index contributed by atoms with van der Waals surface area (Å²) in [7, 11) is 0. The molecule has 2 aromatic carbocycles. The van der Waals surface area contributed by atoms with Gasteiger partial charge in [-0.3, -0.25) is 0 Å². The molecule has 0 radical (unpaired) electrons. The van der Waals surface area contributed by atoms with E-state index in [4.69, 9.17) is 0 Å². The number of nitrogens with zero attached hydrogens (tertiary/aromatic N) is 3. The SMILES string of the molecule is Cc1ccc(Nc2nncc(NC(C)c3ccccc3)n2)cc1. The third-order valence-corrected chi connectivity index (χ3v) is 3.53. The maximum absolute atomic E-state index is 4.46. The van der Waals surface area contributed by atoms with E-state index in [1.807, 2.05) is 42.5 Å². The van der Waals surface area contributed by atoms with Gasteiger partial charge >= 0.3 is 0 Å². The van der Waals surface area contributed by atoms with E-state index >= 15 is 0 Å². The van der Waals surface area contributed by atoms with Crippen LogP contribution in [0.4, 0.5) is 17.5 Å². The Balaban J connectivity index is 1.71. The lowest BCUT2D eigenvalue weighted by atomic mass is 10.1. The van der Waals surface area contributed by atoms with E-state index in [-0.39, 0.29) is 6.04 Å². The number of nitrogens with one attached hydrogen (secondary N) is 2. The summed E-state index contributed by atoms with van der Waals surface area (Å²) in [5, 5.41) is 14.5. The van der Waals surface area contributed by atoms with Crippen molar-refractivity contribution < 1.29 is 0 Å². The molecule has 0 aliphatic rings. The van der Waals surface area contributed by atoms with Crippen LogP contribution >= 0.6 is 0 Å². The molecule has 3 rings (SSSR count). The summed E-state index contributed by atoms with van der Waals surface area (Å²) in [4.78, 5) is 4.46. The molecule has 0 saturated heterocycles. The van der Waals surface area contributed by atoms with E-state index in [9.17, 15) is 0 Å². The molecule has 0 aliphatic heterocycles. The van der Waals surface area contributed by atoms with Crippen molar-refractivity contribution in [3.8, 4) is 0 Å². The number of hydrogen-bond acceptors (Lipinski definition) is 5. The standard InChI is InChI=1S/C18H19N5/c1-13-8-10-16(11-9-13)21-18-22-17(12-19-23-18)20-14(2)15-6-4-3-5-7-15/h3-12,14H,1-2H3,(H2,20,21,22,23). The number of benzene rings is 2. The molecule has 1 atom stereocenters. The van der Waals surface area contributed by atoms with Crippen LogP contribution in [-0.4, -0.2) is 15.2 Å². The van der Waals surface area contributed by atoms with Crippen molar-refractivity contribution in [2.75, 3.05) is 10.6 Å². The van der Waals surface area contributed by atoms with Crippen LogP contribution < -0.4 is 10.6 Å². The van der Waals surface area contributed by atoms with Gasteiger partial charge in [0.2, 0.25) is 5.95 Å². The second-order valence-corrected chi connectivity index (χ2v) is 5.43. The lowest BCUT2D eigenvalue weighted by molar-refractivity contribution is 0.861. The Bertz CT molecular complexity index is 756. The van der Waals surface area contributed by atoms with Gasteiger partial charge in [-0.05, 0) is 31.5 Å². The van der Waals surface area contributed by atoms with Crippen LogP contribution in [0.5, 0.6) is 0 Å². The summed E-state index contributed by atoms with van der Waals surface area (Å²) in [6, 6.07) is 18.4. The molecule has 5 nitrogen and oxygen atoms in total. The molecule has 1 aromatic heterocycles. The molecule has 0 fully saturated rings. The summed E-state index contributed by atoms with van der Waals surface area (Å²) in [5.74, 6) is 1.16. The van der Waals surface area contributed by atoms with Crippen LogP contribution in [0, 0.1) is 6.92 Å². The molecular formula is C18H19N5. The molecule has 0 amide bonds. The van der Waals surface area contributed by atoms with E-state index in [0.717, 1.165) is 5.69 Å². The van der Waals surface area contributed by atoms with E-state index in [1.54, 1.807) is 6.20 Å². The Morgan fingerprint density at radius 2 is 1.70 bits per heavy atom. The monoisotopic (exact) mass is 305 g/mol. The smallest absolute Gasteiger partial charge is 0.249 e. The molecular weight excluding hydrogens is 286 g/mol. The minimum absolute atomic E-state index is 0.139. The summed E-state index contributed by atoms with van der Waals surface area (Å²) in [5.41, 5.74) is 3.34. The van der Waals surface area contributed by atoms with E-state index in [2.05, 4.69) is 51.8 Å². The van der Waals surface area contributed by atoms with Crippen molar-refractivity contribution in [3.63, 3.8) is 0 Å². The largest absolute Gasteiger partial charge is 0.362 e. The van der Waals surface area contributed by atoms with Gasteiger partial charge in [-0.1, -0.05) is 48.0 Å². The maximum atomic E-state index is 4.46. The number of rotatable bonds is 5. The van der Waals surface area contributed by atoms with Crippen molar-refractivity contribution in [1.29, 1.82) is 0 Å². The molecule has 116 valence electrons. The third kappa shape index (κ3) is 4.03. The zero-order chi connectivity index (χ0) is 16.1. The molecule has 0 aliphatic carbocycles. The van der Waals surface area contributed by atoms with Crippen molar-refractivity contribution in [2.24, 2.45) is 0 Å². The van der Waals surface area contributed by atoms with Gasteiger partial charge in [0.15, 0.2) is 5.82 Å². The van der Waals surface area contributed by atoms with Gasteiger partial charge in [-0.2, -0.15) is 10.1 Å². The van der Waals surface area contributed by atoms with Crippen molar-refractivity contribution in [2.45, 2.75) is 19.9 Å². The second kappa shape index (κ2) is 6.87. The first-order chi connectivity index (χ1) is 11.2. The fourth-order valence-corrected chi connectivity index (χ4v) is 2.24. The Morgan fingerprint density at radius 3 is 2.43 bits per heavy atom. The minimum atomic E-state index is 0.139. The predicted octanol–water partition coefficient (Wildman–Crippen LogP) is 4.10. The molecule has 2 N–H and O–H groups in total. The van der Waals surface area contributed by atoms with Gasteiger partial charge in [0.1, 0.15) is 0 Å². The molecule has 0 spiro atoms. The van der Waals surface area contributed by atoms with Gasteiger partial charge in [-0.25, -0.2) is 0 Å². The predicted molar refractivity (Wildman–Crippen MR) is 92.8 cm³/mol. The summed E-state index contributed by atoms with van der Waals surface area (Å²) in [6.45, 7) is 4.14. The van der Waals surface area contributed by atoms with Crippen LogP contribution in [0.25, 0.3) is 0 Å². The van der Waals surface area contributed by atoms with E-state index in [1.165, 1.54) is 11.1 Å². The lowest BCUT2D eigenvalue weighted by Crippen LogP contribution is -2.09. The van der Waals surface area contributed by atoms with E-state index < -0.39 is 0 Å². The van der Waals surface area contributed by atoms with Crippen LogP contribution in [0.1, 0.15) is 24.1 Å². The number of hydrogen-bond donors (Lipinski definition) is 2. The van der Waals surface area contributed by atoms with Crippen molar-refractivity contribution in [1.82, 2.24) is 15.2 Å². The van der Waals surface area contributed by atoms with Crippen LogP contribution in [-0.2, 0) is 0 Å². The topological polar surface area (TPSA) is 62.7 Å². The molecule has 0 bridgehead atoms. The summed E-state index contributed by atoms with van der Waals surface area (Å²) < 4.78 is 0. The Labute approximate surface area is 135 Å². The summed E-state index contributed by atoms with van der Waals surface area (Å²) >= 11 is 0. The average Bonchev–Trinajstić information content (AvgIpc) is 2.58. The first-order valence-corrected chi connectivity index (χ1v) is 7.55. The highest BCUT2D eigenvalue weighted by molar-refractivity contribution is 5.54. The van der Waals surface area contributed by atoms with E-state index in [0.29, 0.717) is 11.8 Å². The average molecular weight is 305 g/mol. The van der Waals surface area contributed by atoms with Gasteiger partial charge in [0.25, 0.3) is 0 Å². The minimum Gasteiger partial charge on any atom is -0.362 e. The fourth-order valence-electron chi connectivity index (χ4n) is 2.24. The van der Waals surface area contributed by atoms with Crippen LogP contribution in [0.2, 0.25) is 0 Å². The first kappa shape index (κ1) is 15.0. The Hall–Kier alpha value is -2.95. The third-order valence-electron chi connectivity index (χ3n) is 3.53. The van der Waals surface area contributed by atoms with Gasteiger partial charge in [0.05, 0.1) is 6.20 Å². The Kier molecular flexibility index (Phi) is 4.47. The first-order valence-electron chi connectivity index (χ1n) is 7.55.